The van der Waals surface area contributed by atoms with Crippen molar-refractivity contribution in [2.45, 2.75) is 6.92 Å². The van der Waals surface area contributed by atoms with Crippen molar-refractivity contribution in [3.63, 3.8) is 0 Å². The molecule has 0 aliphatic rings. The predicted octanol–water partition coefficient (Wildman–Crippen LogP) is 4.54. The van der Waals surface area contributed by atoms with E-state index in [2.05, 4.69) is 15.6 Å². The number of non-ortho nitro benzene ring substituents is 1. The molecule has 0 aliphatic heterocycles. The Kier molecular flexibility index (Phi) is 5.52. The van der Waals surface area contributed by atoms with Crippen LogP contribution < -0.4 is 10.6 Å². The average molecular weight is 448 g/mol. The predicted molar refractivity (Wildman–Crippen MR) is 123 cm³/mol. The van der Waals surface area contributed by atoms with Crippen LogP contribution in [0.2, 0.25) is 0 Å². The smallest absolute Gasteiger partial charge is 0.270 e. The van der Waals surface area contributed by atoms with Crippen LogP contribution in [0.4, 0.5) is 11.4 Å². The summed E-state index contributed by atoms with van der Waals surface area (Å²) in [5.74, 6) is -0.400. The number of amides is 1. The van der Waals surface area contributed by atoms with Gasteiger partial charge in [-0.05, 0) is 61.1 Å². The molecule has 0 atom stereocenters. The summed E-state index contributed by atoms with van der Waals surface area (Å²) >= 11 is 5.18. The molecular weight excluding hydrogens is 432 g/mol. The first kappa shape index (κ1) is 20.9. The van der Waals surface area contributed by atoms with Crippen LogP contribution in [0.25, 0.3) is 22.6 Å². The number of carbonyl (C=O) groups excluding carboxylic acids is 1. The van der Waals surface area contributed by atoms with Gasteiger partial charge in [0.1, 0.15) is 11.3 Å². The Morgan fingerprint density at radius 3 is 2.75 bits per heavy atom. The molecule has 160 valence electrons. The highest BCUT2D eigenvalue weighted by Crippen LogP contribution is 2.33. The molecule has 4 rings (SSSR count). The number of fused-ring (bicyclic) bond motifs is 1. The van der Waals surface area contributed by atoms with Crippen molar-refractivity contribution in [1.82, 2.24) is 10.3 Å². The van der Waals surface area contributed by atoms with Crippen LogP contribution >= 0.6 is 12.2 Å². The van der Waals surface area contributed by atoms with Crippen molar-refractivity contribution in [2.24, 2.45) is 0 Å². The maximum atomic E-state index is 12.4. The largest absolute Gasteiger partial charge is 0.507 e. The van der Waals surface area contributed by atoms with Gasteiger partial charge in [-0.1, -0.05) is 12.1 Å². The van der Waals surface area contributed by atoms with Gasteiger partial charge in [-0.15, -0.1) is 0 Å². The first-order chi connectivity index (χ1) is 15.3. The Labute approximate surface area is 186 Å². The number of oxazole rings is 1. The summed E-state index contributed by atoms with van der Waals surface area (Å²) in [7, 11) is 0. The van der Waals surface area contributed by atoms with Crippen molar-refractivity contribution >= 4 is 45.7 Å². The van der Waals surface area contributed by atoms with E-state index in [4.69, 9.17) is 16.6 Å². The van der Waals surface area contributed by atoms with Crippen molar-refractivity contribution < 1.29 is 19.2 Å². The topological polar surface area (TPSA) is 131 Å². The molecule has 10 heteroatoms. The first-order valence-electron chi connectivity index (χ1n) is 9.37. The van der Waals surface area contributed by atoms with E-state index < -0.39 is 10.8 Å². The molecule has 0 bridgehead atoms. The van der Waals surface area contributed by atoms with Crippen molar-refractivity contribution in [1.29, 1.82) is 0 Å². The molecule has 0 spiro atoms. The molecule has 1 amide bonds. The van der Waals surface area contributed by atoms with Gasteiger partial charge in [-0.25, -0.2) is 4.98 Å². The van der Waals surface area contributed by atoms with Crippen LogP contribution in [0.1, 0.15) is 15.9 Å². The van der Waals surface area contributed by atoms with Crippen molar-refractivity contribution in [3.8, 4) is 17.2 Å². The number of thiocarbonyl (C=S) groups is 1. The second-order valence-corrected chi connectivity index (χ2v) is 7.35. The van der Waals surface area contributed by atoms with Crippen LogP contribution in [0.5, 0.6) is 5.75 Å². The summed E-state index contributed by atoms with van der Waals surface area (Å²) in [6, 6.07) is 15.5. The minimum absolute atomic E-state index is 0.0219. The number of aromatic hydroxyl groups is 1. The normalized spacial score (nSPS) is 10.7. The molecule has 3 aromatic carbocycles. The molecule has 0 unspecified atom stereocenters. The number of anilines is 1. The van der Waals surface area contributed by atoms with Gasteiger partial charge < -0.3 is 14.8 Å². The van der Waals surface area contributed by atoms with E-state index in [9.17, 15) is 20.0 Å². The summed E-state index contributed by atoms with van der Waals surface area (Å²) in [6.07, 6.45) is 0. The highest BCUT2D eigenvalue weighted by atomic mass is 32.1. The number of hydrogen-bond acceptors (Lipinski definition) is 7. The molecular formula is C22H16N4O5S. The van der Waals surface area contributed by atoms with Crippen molar-refractivity contribution in [2.75, 3.05) is 5.32 Å². The standard InChI is InChI=1S/C22H16N4O5S/c1-12-5-7-17-19(9-12)31-21(24-17)16-11-14(6-8-18(16)27)23-22(32)25-20(28)13-3-2-4-15(10-13)26(29)30/h2-11,27H,1H3,(H2,23,25,28,32). The fourth-order valence-corrected chi connectivity index (χ4v) is 3.24. The Balaban J connectivity index is 1.52. The van der Waals surface area contributed by atoms with E-state index >= 15 is 0 Å². The number of nitrogens with one attached hydrogen (secondary N) is 2. The number of nitro benzene ring substituents is 1. The molecule has 4 aromatic rings. The molecule has 0 saturated carbocycles. The van der Waals surface area contributed by atoms with Crippen LogP contribution in [-0.4, -0.2) is 26.0 Å². The number of benzene rings is 3. The summed E-state index contributed by atoms with van der Waals surface area (Å²) in [5.41, 5.74) is 2.98. The highest BCUT2D eigenvalue weighted by molar-refractivity contribution is 7.80. The SMILES string of the molecule is Cc1ccc2nc(-c3cc(NC(=S)NC(=O)c4cccc([N+](=O)[O-])c4)ccc3O)oc2c1. The van der Waals surface area contributed by atoms with Gasteiger partial charge >= 0.3 is 0 Å². The van der Waals surface area contributed by atoms with Crippen LogP contribution in [0.3, 0.4) is 0 Å². The lowest BCUT2D eigenvalue weighted by Gasteiger charge is -2.11. The van der Waals surface area contributed by atoms with E-state index in [1.807, 2.05) is 25.1 Å². The number of nitro groups is 1. The zero-order chi connectivity index (χ0) is 22.8. The van der Waals surface area contributed by atoms with E-state index in [1.165, 1.54) is 24.3 Å². The average Bonchev–Trinajstić information content (AvgIpc) is 3.18. The maximum Gasteiger partial charge on any atom is 0.270 e. The third-order valence-corrected chi connectivity index (χ3v) is 4.78. The second-order valence-electron chi connectivity index (χ2n) is 6.94. The Morgan fingerprint density at radius 2 is 1.97 bits per heavy atom. The fourth-order valence-electron chi connectivity index (χ4n) is 3.03. The molecule has 0 saturated heterocycles. The Morgan fingerprint density at radius 1 is 1.16 bits per heavy atom. The quantitative estimate of drug-likeness (QED) is 0.179. The van der Waals surface area contributed by atoms with Gasteiger partial charge in [-0.2, -0.15) is 0 Å². The fraction of sp³-hybridized carbons (Fsp3) is 0.0455. The van der Waals surface area contributed by atoms with Gasteiger partial charge in [0.05, 0.1) is 10.5 Å². The number of aryl methyl sites for hydroxylation is 1. The third kappa shape index (κ3) is 4.40. The van der Waals surface area contributed by atoms with Gasteiger partial charge in [0.2, 0.25) is 5.89 Å². The Bertz CT molecular complexity index is 1380. The lowest BCUT2D eigenvalue weighted by Crippen LogP contribution is -2.34. The molecule has 32 heavy (non-hydrogen) atoms. The molecule has 0 radical (unpaired) electrons. The lowest BCUT2D eigenvalue weighted by atomic mass is 10.1. The van der Waals surface area contributed by atoms with E-state index in [-0.39, 0.29) is 28.0 Å². The molecule has 9 nitrogen and oxygen atoms in total. The number of phenols is 1. The molecule has 0 fully saturated rings. The molecule has 3 N–H and O–H groups in total. The van der Waals surface area contributed by atoms with Crippen LogP contribution in [-0.2, 0) is 0 Å². The number of hydrogen-bond donors (Lipinski definition) is 3. The minimum Gasteiger partial charge on any atom is -0.507 e. The lowest BCUT2D eigenvalue weighted by molar-refractivity contribution is -0.384. The van der Waals surface area contributed by atoms with Crippen LogP contribution in [0.15, 0.2) is 65.1 Å². The van der Waals surface area contributed by atoms with E-state index in [0.717, 1.165) is 11.6 Å². The number of nitrogens with zero attached hydrogens (tertiary/aromatic N) is 2. The third-order valence-electron chi connectivity index (χ3n) is 4.57. The highest BCUT2D eigenvalue weighted by Gasteiger charge is 2.15. The summed E-state index contributed by atoms with van der Waals surface area (Å²) < 4.78 is 5.77. The Hall–Kier alpha value is -4.31. The summed E-state index contributed by atoms with van der Waals surface area (Å²) in [5, 5.41) is 26.5. The van der Waals surface area contributed by atoms with Gasteiger partial charge in [-0.3, -0.25) is 20.2 Å². The van der Waals surface area contributed by atoms with Crippen LogP contribution in [0, 0.1) is 17.0 Å². The maximum absolute atomic E-state index is 12.4. The van der Waals surface area contributed by atoms with Gasteiger partial charge in [0.25, 0.3) is 11.6 Å². The number of carbonyl (C=O) groups is 1. The van der Waals surface area contributed by atoms with Gasteiger partial charge in [0.15, 0.2) is 10.7 Å². The van der Waals surface area contributed by atoms with Crippen molar-refractivity contribution in [3.05, 3.63) is 81.9 Å². The number of phenolic OH excluding ortho intramolecular Hbond substituents is 1. The zero-order valence-electron chi connectivity index (χ0n) is 16.7. The number of rotatable bonds is 4. The summed E-state index contributed by atoms with van der Waals surface area (Å²) in [6.45, 7) is 1.94. The monoisotopic (exact) mass is 448 g/mol. The minimum atomic E-state index is -0.598. The zero-order valence-corrected chi connectivity index (χ0v) is 17.5. The molecule has 1 aromatic heterocycles. The molecule has 0 aliphatic carbocycles. The van der Waals surface area contributed by atoms with E-state index in [1.54, 1.807) is 12.1 Å². The second kappa shape index (κ2) is 8.44. The van der Waals surface area contributed by atoms with E-state index in [0.29, 0.717) is 22.4 Å². The first-order valence-corrected chi connectivity index (χ1v) is 9.78. The number of aromatic nitrogens is 1. The van der Waals surface area contributed by atoms with Gasteiger partial charge in [0, 0.05) is 23.4 Å². The summed E-state index contributed by atoms with van der Waals surface area (Å²) in [4.78, 5) is 27.1. The molecule has 1 heterocycles.